The Morgan fingerprint density at radius 1 is 1.18 bits per heavy atom. The van der Waals surface area contributed by atoms with E-state index in [1.165, 1.54) is 43.3 Å². The molecular formula is C19H20N2O7. The maximum absolute atomic E-state index is 12.8. The molecule has 2 aromatic carbocycles. The summed E-state index contributed by atoms with van der Waals surface area (Å²) in [6, 6.07) is 8.48. The van der Waals surface area contributed by atoms with E-state index in [9.17, 15) is 19.7 Å². The molecule has 9 nitrogen and oxygen atoms in total. The molecular weight excluding hydrogens is 368 g/mol. The Bertz CT molecular complexity index is 894. The van der Waals surface area contributed by atoms with Crippen LogP contribution in [0.25, 0.3) is 0 Å². The van der Waals surface area contributed by atoms with Gasteiger partial charge in [-0.05, 0) is 24.6 Å². The zero-order valence-corrected chi connectivity index (χ0v) is 15.7. The molecule has 0 aliphatic carbocycles. The van der Waals surface area contributed by atoms with Gasteiger partial charge < -0.3 is 19.5 Å². The molecule has 0 spiro atoms. The summed E-state index contributed by atoms with van der Waals surface area (Å²) in [5, 5.41) is 20.4. The Morgan fingerprint density at radius 2 is 1.82 bits per heavy atom. The maximum atomic E-state index is 12.8. The van der Waals surface area contributed by atoms with Crippen LogP contribution in [0.4, 0.5) is 5.69 Å². The van der Waals surface area contributed by atoms with Gasteiger partial charge in [0.05, 0.1) is 30.3 Å². The van der Waals surface area contributed by atoms with Crippen LogP contribution in [-0.4, -0.2) is 47.6 Å². The number of nitro benzene ring substituents is 1. The van der Waals surface area contributed by atoms with Crippen LogP contribution in [0.3, 0.4) is 0 Å². The van der Waals surface area contributed by atoms with Gasteiger partial charge in [0, 0.05) is 19.7 Å². The van der Waals surface area contributed by atoms with Crippen molar-refractivity contribution < 1.29 is 29.1 Å². The molecule has 148 valence electrons. The highest BCUT2D eigenvalue weighted by Crippen LogP contribution is 2.35. The van der Waals surface area contributed by atoms with Gasteiger partial charge in [-0.25, -0.2) is 4.79 Å². The lowest BCUT2D eigenvalue weighted by atomic mass is 10.1. The number of hydrogen-bond acceptors (Lipinski definition) is 6. The van der Waals surface area contributed by atoms with Crippen LogP contribution in [0.1, 0.15) is 33.2 Å². The molecule has 9 heteroatoms. The van der Waals surface area contributed by atoms with Crippen molar-refractivity contribution in [1.29, 1.82) is 0 Å². The van der Waals surface area contributed by atoms with E-state index >= 15 is 0 Å². The van der Waals surface area contributed by atoms with E-state index in [-0.39, 0.29) is 41.5 Å². The van der Waals surface area contributed by atoms with Crippen LogP contribution in [-0.2, 0) is 6.54 Å². The third kappa shape index (κ3) is 4.56. The first-order chi connectivity index (χ1) is 13.3. The summed E-state index contributed by atoms with van der Waals surface area (Å²) in [5.41, 5.74) is 0.295. The average Bonchev–Trinajstić information content (AvgIpc) is 2.67. The average molecular weight is 388 g/mol. The summed E-state index contributed by atoms with van der Waals surface area (Å²) in [4.78, 5) is 35.8. The van der Waals surface area contributed by atoms with E-state index in [1.807, 2.05) is 0 Å². The van der Waals surface area contributed by atoms with E-state index in [1.54, 1.807) is 19.1 Å². The Kier molecular flexibility index (Phi) is 6.54. The summed E-state index contributed by atoms with van der Waals surface area (Å²) >= 11 is 0. The molecule has 2 aromatic rings. The number of carboxylic acid groups (broad SMARTS) is 1. The van der Waals surface area contributed by atoms with Crippen molar-refractivity contribution in [2.75, 3.05) is 20.8 Å². The van der Waals surface area contributed by atoms with Crippen molar-refractivity contribution in [3.63, 3.8) is 0 Å². The van der Waals surface area contributed by atoms with Crippen molar-refractivity contribution in [3.8, 4) is 11.5 Å². The molecule has 0 saturated carbocycles. The quantitative estimate of drug-likeness (QED) is 0.545. The lowest BCUT2D eigenvalue weighted by Crippen LogP contribution is -2.27. The minimum atomic E-state index is -1.05. The van der Waals surface area contributed by atoms with Crippen molar-refractivity contribution in [2.24, 2.45) is 0 Å². The third-order valence-corrected chi connectivity index (χ3v) is 3.98. The normalized spacial score (nSPS) is 10.2. The zero-order chi connectivity index (χ0) is 20.8. The predicted octanol–water partition coefficient (Wildman–Crippen LogP) is 2.97. The van der Waals surface area contributed by atoms with Crippen LogP contribution in [0.2, 0.25) is 0 Å². The number of amides is 1. The Hall–Kier alpha value is -3.62. The molecule has 0 atom stereocenters. The number of nitro groups is 1. The van der Waals surface area contributed by atoms with Gasteiger partial charge in [-0.3, -0.25) is 14.9 Å². The fourth-order valence-electron chi connectivity index (χ4n) is 2.60. The van der Waals surface area contributed by atoms with E-state index < -0.39 is 16.8 Å². The van der Waals surface area contributed by atoms with Gasteiger partial charge in [0.2, 0.25) is 0 Å². The van der Waals surface area contributed by atoms with Gasteiger partial charge in [0.1, 0.15) is 5.56 Å². The number of ether oxygens (including phenoxy) is 2. The third-order valence-electron chi connectivity index (χ3n) is 3.98. The van der Waals surface area contributed by atoms with Crippen molar-refractivity contribution in [2.45, 2.75) is 13.5 Å². The van der Waals surface area contributed by atoms with Gasteiger partial charge in [-0.15, -0.1) is 0 Å². The maximum Gasteiger partial charge on any atom is 0.335 e. The number of aromatic carboxylic acids is 1. The van der Waals surface area contributed by atoms with Crippen LogP contribution in [0.5, 0.6) is 11.5 Å². The highest BCUT2D eigenvalue weighted by Gasteiger charge is 2.27. The number of rotatable bonds is 8. The second-order valence-electron chi connectivity index (χ2n) is 5.87. The summed E-state index contributed by atoms with van der Waals surface area (Å²) in [6.07, 6.45) is 0. The molecule has 0 unspecified atom stereocenters. The predicted molar refractivity (Wildman–Crippen MR) is 100 cm³/mol. The summed E-state index contributed by atoms with van der Waals surface area (Å²) < 4.78 is 10.5. The summed E-state index contributed by atoms with van der Waals surface area (Å²) in [7, 11) is 2.88. The fraction of sp³-hybridized carbons (Fsp3) is 0.263. The molecule has 0 bridgehead atoms. The van der Waals surface area contributed by atoms with Crippen molar-refractivity contribution in [3.05, 3.63) is 63.2 Å². The first-order valence-electron chi connectivity index (χ1n) is 8.35. The number of carboxylic acids is 1. The largest absolute Gasteiger partial charge is 0.493 e. The number of nitrogens with zero attached hydrogens (tertiary/aromatic N) is 2. The fourth-order valence-corrected chi connectivity index (χ4v) is 2.60. The summed E-state index contributed by atoms with van der Waals surface area (Å²) in [6.45, 7) is 2.16. The molecule has 1 N–H and O–H groups in total. The second kappa shape index (κ2) is 8.85. The lowest BCUT2D eigenvalue weighted by Gasteiger charge is -2.18. The van der Waals surface area contributed by atoms with Crippen LogP contribution in [0, 0.1) is 10.1 Å². The topological polar surface area (TPSA) is 119 Å². The van der Waals surface area contributed by atoms with Gasteiger partial charge in [-0.1, -0.05) is 12.1 Å². The van der Waals surface area contributed by atoms with Gasteiger partial charge in [0.15, 0.2) is 11.5 Å². The van der Waals surface area contributed by atoms with E-state index in [0.717, 1.165) is 0 Å². The van der Waals surface area contributed by atoms with E-state index in [0.29, 0.717) is 5.56 Å². The van der Waals surface area contributed by atoms with Crippen molar-refractivity contribution >= 4 is 17.6 Å². The van der Waals surface area contributed by atoms with Crippen LogP contribution in [0.15, 0.2) is 36.4 Å². The number of hydrogen-bond donors (Lipinski definition) is 1. The van der Waals surface area contributed by atoms with E-state index in [4.69, 9.17) is 14.6 Å². The molecule has 0 aromatic heterocycles. The second-order valence-corrected chi connectivity index (χ2v) is 5.87. The smallest absolute Gasteiger partial charge is 0.335 e. The van der Waals surface area contributed by atoms with Crippen LogP contribution >= 0.6 is 0 Å². The minimum Gasteiger partial charge on any atom is -0.493 e. The SMILES string of the molecule is CCOc1cc([N+](=O)[O-])c(C(=O)N(C)Cc2ccc(C(=O)O)cc2)cc1OC. The van der Waals surface area contributed by atoms with Crippen LogP contribution < -0.4 is 9.47 Å². The number of methoxy groups -OCH3 is 1. The molecule has 0 heterocycles. The van der Waals surface area contributed by atoms with Gasteiger partial charge >= 0.3 is 5.97 Å². The minimum absolute atomic E-state index is 0.129. The molecule has 0 aliphatic rings. The van der Waals surface area contributed by atoms with E-state index in [2.05, 4.69) is 0 Å². The molecule has 0 fully saturated rings. The zero-order valence-electron chi connectivity index (χ0n) is 15.7. The Labute approximate surface area is 161 Å². The van der Waals surface area contributed by atoms with Gasteiger partial charge in [-0.2, -0.15) is 0 Å². The first-order valence-corrected chi connectivity index (χ1v) is 8.35. The molecule has 2 rings (SSSR count). The highest BCUT2D eigenvalue weighted by molar-refractivity contribution is 5.99. The number of carbonyl (C=O) groups is 2. The first kappa shape index (κ1) is 20.7. The monoisotopic (exact) mass is 388 g/mol. The Balaban J connectivity index is 2.32. The molecule has 0 saturated heterocycles. The number of benzene rings is 2. The highest BCUT2D eigenvalue weighted by atomic mass is 16.6. The molecule has 0 radical (unpaired) electrons. The Morgan fingerprint density at radius 3 is 2.32 bits per heavy atom. The molecule has 28 heavy (non-hydrogen) atoms. The standard InChI is InChI=1S/C19H20N2O7/c1-4-28-17-10-15(21(25)26)14(9-16(17)27-3)18(22)20(2)11-12-5-7-13(8-6-12)19(23)24/h5-10H,4,11H2,1-3H3,(H,23,24). The lowest BCUT2D eigenvalue weighted by molar-refractivity contribution is -0.385. The molecule has 0 aliphatic heterocycles. The van der Waals surface area contributed by atoms with Gasteiger partial charge in [0.25, 0.3) is 11.6 Å². The van der Waals surface area contributed by atoms with Crippen molar-refractivity contribution in [1.82, 2.24) is 4.90 Å². The number of carbonyl (C=O) groups excluding carboxylic acids is 1. The molecule has 1 amide bonds. The summed E-state index contributed by atoms with van der Waals surface area (Å²) in [5.74, 6) is -1.22.